The summed E-state index contributed by atoms with van der Waals surface area (Å²) in [7, 11) is 1.77. The van der Waals surface area contributed by atoms with Crippen molar-refractivity contribution < 1.29 is 4.79 Å². The number of halogens is 1. The van der Waals surface area contributed by atoms with Gasteiger partial charge in [0.15, 0.2) is 5.96 Å². The van der Waals surface area contributed by atoms with Crippen LogP contribution >= 0.6 is 35.3 Å². The minimum absolute atomic E-state index is 0. The molecule has 1 saturated heterocycles. The smallest absolute Gasteiger partial charge is 0.242 e. The molecule has 3 rings (SSSR count). The van der Waals surface area contributed by atoms with Gasteiger partial charge in [-0.3, -0.25) is 9.79 Å². The number of carbonyl (C=O) groups excluding carboxylic acids is 1. The van der Waals surface area contributed by atoms with Gasteiger partial charge in [0, 0.05) is 44.1 Å². The molecule has 1 amide bonds. The van der Waals surface area contributed by atoms with Crippen LogP contribution in [0.2, 0.25) is 0 Å². The predicted octanol–water partition coefficient (Wildman–Crippen LogP) is 2.29. The van der Waals surface area contributed by atoms with Crippen LogP contribution in [0.25, 0.3) is 0 Å². The largest absolute Gasteiger partial charge is 0.354 e. The summed E-state index contributed by atoms with van der Waals surface area (Å²) in [5, 5.41) is 8.81. The lowest BCUT2D eigenvalue weighted by Gasteiger charge is -2.33. The van der Waals surface area contributed by atoms with Crippen molar-refractivity contribution in [1.29, 1.82) is 0 Å². The Kier molecular flexibility index (Phi) is 9.31. The maximum Gasteiger partial charge on any atom is 0.242 e. The highest BCUT2D eigenvalue weighted by Crippen LogP contribution is 2.23. The Labute approximate surface area is 183 Å². The molecular formula is C19H32IN5OS. The first-order valence-corrected chi connectivity index (χ1v) is 10.6. The molecule has 27 heavy (non-hydrogen) atoms. The van der Waals surface area contributed by atoms with Gasteiger partial charge < -0.3 is 20.4 Å². The maximum absolute atomic E-state index is 12.5. The first kappa shape index (κ1) is 22.4. The molecule has 1 aromatic rings. The third-order valence-electron chi connectivity index (χ3n) is 5.26. The topological polar surface area (TPSA) is 60.0 Å². The molecule has 8 heteroatoms. The highest BCUT2D eigenvalue weighted by Gasteiger charge is 2.22. The Morgan fingerprint density at radius 2 is 2.11 bits per heavy atom. The molecule has 0 aliphatic carbocycles. The van der Waals surface area contributed by atoms with E-state index in [1.54, 1.807) is 18.4 Å². The van der Waals surface area contributed by atoms with Crippen molar-refractivity contribution in [2.45, 2.75) is 45.2 Å². The highest BCUT2D eigenvalue weighted by molar-refractivity contribution is 14.0. The standard InChI is InChI=1S/C19H31N5OS.HI/c1-3-8-23-9-4-16(5-10-23)22-19(20-2)21-13-18(25)24-11-6-17-15(14-24)7-12-26-17;/h7,12,16H,3-6,8-11,13-14H2,1-2H3,(H2,20,21,22);1H. The summed E-state index contributed by atoms with van der Waals surface area (Å²) in [5.41, 5.74) is 1.30. The molecule has 0 unspecified atom stereocenters. The summed E-state index contributed by atoms with van der Waals surface area (Å²) in [6, 6.07) is 2.57. The SMILES string of the molecule is CCCN1CCC(NC(=NC)NCC(=O)N2CCc3sccc3C2)CC1.I. The molecule has 3 heterocycles. The number of hydrogen-bond donors (Lipinski definition) is 2. The van der Waals surface area contributed by atoms with Crippen LogP contribution in [0.4, 0.5) is 0 Å². The summed E-state index contributed by atoms with van der Waals surface area (Å²) < 4.78 is 0. The van der Waals surface area contributed by atoms with Crippen LogP contribution in [-0.2, 0) is 17.8 Å². The van der Waals surface area contributed by atoms with Gasteiger partial charge in [-0.05, 0) is 49.2 Å². The highest BCUT2D eigenvalue weighted by atomic mass is 127. The number of carbonyl (C=O) groups is 1. The number of thiophene rings is 1. The van der Waals surface area contributed by atoms with E-state index in [1.807, 2.05) is 4.90 Å². The van der Waals surface area contributed by atoms with Crippen molar-refractivity contribution in [2.24, 2.45) is 4.99 Å². The van der Waals surface area contributed by atoms with Crippen LogP contribution in [0.15, 0.2) is 16.4 Å². The maximum atomic E-state index is 12.5. The van der Waals surface area contributed by atoms with Crippen LogP contribution in [0.3, 0.4) is 0 Å². The van der Waals surface area contributed by atoms with Gasteiger partial charge in [0.05, 0.1) is 6.54 Å². The Bertz CT molecular complexity index is 627. The summed E-state index contributed by atoms with van der Waals surface area (Å²) in [5.74, 6) is 0.878. The van der Waals surface area contributed by atoms with Crippen molar-refractivity contribution in [3.05, 3.63) is 21.9 Å². The first-order valence-electron chi connectivity index (χ1n) is 9.72. The quantitative estimate of drug-likeness (QED) is 0.367. The summed E-state index contributed by atoms with van der Waals surface area (Å²) in [4.78, 5) is 22.7. The van der Waals surface area contributed by atoms with Crippen molar-refractivity contribution in [3.8, 4) is 0 Å². The molecule has 2 N–H and O–H groups in total. The third-order valence-corrected chi connectivity index (χ3v) is 6.28. The molecule has 0 atom stereocenters. The lowest BCUT2D eigenvalue weighted by atomic mass is 10.1. The van der Waals surface area contributed by atoms with Crippen LogP contribution < -0.4 is 10.6 Å². The van der Waals surface area contributed by atoms with E-state index in [4.69, 9.17) is 0 Å². The number of likely N-dealkylation sites (tertiary alicyclic amines) is 1. The van der Waals surface area contributed by atoms with E-state index in [-0.39, 0.29) is 29.9 Å². The number of hydrogen-bond acceptors (Lipinski definition) is 4. The summed E-state index contributed by atoms with van der Waals surface area (Å²) in [6.45, 7) is 7.55. The van der Waals surface area contributed by atoms with Crippen molar-refractivity contribution in [2.75, 3.05) is 39.8 Å². The molecule has 152 valence electrons. The van der Waals surface area contributed by atoms with E-state index < -0.39 is 0 Å². The van der Waals surface area contributed by atoms with Crippen molar-refractivity contribution in [3.63, 3.8) is 0 Å². The normalized spacial score (nSPS) is 18.6. The van der Waals surface area contributed by atoms with Gasteiger partial charge in [-0.1, -0.05) is 6.92 Å². The molecule has 0 aromatic carbocycles. The second-order valence-electron chi connectivity index (χ2n) is 7.12. The third kappa shape index (κ3) is 6.32. The molecule has 6 nitrogen and oxygen atoms in total. The van der Waals surface area contributed by atoms with Crippen LogP contribution in [0.1, 0.15) is 36.6 Å². The number of fused-ring (bicyclic) bond motifs is 1. The molecule has 0 spiro atoms. The van der Waals surface area contributed by atoms with E-state index in [9.17, 15) is 4.79 Å². The Morgan fingerprint density at radius 3 is 2.81 bits per heavy atom. The average molecular weight is 505 g/mol. The Morgan fingerprint density at radius 1 is 1.33 bits per heavy atom. The number of aliphatic imine (C=N–C) groups is 1. The Hall–Kier alpha value is -0.870. The molecule has 0 radical (unpaired) electrons. The fourth-order valence-electron chi connectivity index (χ4n) is 3.74. The minimum Gasteiger partial charge on any atom is -0.354 e. The molecule has 1 aromatic heterocycles. The second-order valence-corrected chi connectivity index (χ2v) is 8.12. The van der Waals surface area contributed by atoms with Crippen LogP contribution in [0.5, 0.6) is 0 Å². The van der Waals surface area contributed by atoms with Gasteiger partial charge in [-0.15, -0.1) is 35.3 Å². The molecule has 1 fully saturated rings. The number of piperidine rings is 1. The van der Waals surface area contributed by atoms with Gasteiger partial charge >= 0.3 is 0 Å². The monoisotopic (exact) mass is 505 g/mol. The van der Waals surface area contributed by atoms with Gasteiger partial charge in [0.1, 0.15) is 0 Å². The van der Waals surface area contributed by atoms with E-state index in [2.05, 4.69) is 38.9 Å². The van der Waals surface area contributed by atoms with Crippen molar-refractivity contribution in [1.82, 2.24) is 20.4 Å². The molecule has 2 aliphatic heterocycles. The lowest BCUT2D eigenvalue weighted by Crippen LogP contribution is -2.51. The predicted molar refractivity (Wildman–Crippen MR) is 123 cm³/mol. The average Bonchev–Trinajstić information content (AvgIpc) is 3.14. The van der Waals surface area contributed by atoms with Crippen molar-refractivity contribution >= 4 is 47.2 Å². The number of guanidine groups is 1. The van der Waals surface area contributed by atoms with Gasteiger partial charge in [-0.2, -0.15) is 0 Å². The zero-order chi connectivity index (χ0) is 18.4. The Balaban J connectivity index is 0.00000261. The van der Waals surface area contributed by atoms with Gasteiger partial charge in [0.25, 0.3) is 0 Å². The minimum atomic E-state index is 0. The van der Waals surface area contributed by atoms with Crippen LogP contribution in [0, 0.1) is 0 Å². The molecule has 0 saturated carbocycles. The van der Waals surface area contributed by atoms with E-state index in [0.717, 1.165) is 51.4 Å². The molecule has 0 bridgehead atoms. The first-order chi connectivity index (χ1) is 12.7. The number of rotatable bonds is 5. The summed E-state index contributed by atoms with van der Waals surface area (Å²) >= 11 is 1.80. The fraction of sp³-hybridized carbons (Fsp3) is 0.684. The zero-order valence-corrected chi connectivity index (χ0v) is 19.5. The fourth-order valence-corrected chi connectivity index (χ4v) is 4.63. The second kappa shape index (κ2) is 11.2. The van der Waals surface area contributed by atoms with Crippen LogP contribution in [-0.4, -0.2) is 67.5 Å². The van der Waals surface area contributed by atoms with E-state index in [0.29, 0.717) is 12.6 Å². The van der Waals surface area contributed by atoms with Gasteiger partial charge in [-0.25, -0.2) is 0 Å². The van der Waals surface area contributed by atoms with Gasteiger partial charge in [0.2, 0.25) is 5.91 Å². The van der Waals surface area contributed by atoms with E-state index >= 15 is 0 Å². The lowest BCUT2D eigenvalue weighted by molar-refractivity contribution is -0.130. The number of nitrogens with zero attached hydrogens (tertiary/aromatic N) is 3. The van der Waals surface area contributed by atoms with E-state index in [1.165, 1.54) is 23.4 Å². The molecule has 2 aliphatic rings. The molecular weight excluding hydrogens is 473 g/mol. The summed E-state index contributed by atoms with van der Waals surface area (Å²) in [6.07, 6.45) is 4.44. The number of nitrogens with one attached hydrogen (secondary N) is 2. The number of amides is 1. The zero-order valence-electron chi connectivity index (χ0n) is 16.4.